The van der Waals surface area contributed by atoms with E-state index < -0.39 is 0 Å². The Morgan fingerprint density at radius 3 is 2.50 bits per heavy atom. The molecule has 0 aliphatic rings. The zero-order chi connectivity index (χ0) is 8.97. The van der Waals surface area contributed by atoms with Gasteiger partial charge in [-0.05, 0) is 24.3 Å². The minimum Gasteiger partial charge on any atom is -0.369 e. The summed E-state index contributed by atoms with van der Waals surface area (Å²) in [5.74, 6) is 0.401. The molecule has 3 N–H and O–H groups in total. The zero-order valence-corrected chi connectivity index (χ0v) is 9.83. The summed E-state index contributed by atoms with van der Waals surface area (Å²) in [5, 5.41) is 2.92. The van der Waals surface area contributed by atoms with Gasteiger partial charge in [-0.3, -0.25) is 0 Å². The molecule has 0 atom stereocenters. The van der Waals surface area contributed by atoms with Gasteiger partial charge >= 0.3 is 0 Å². The average molecular weight is 340 g/mol. The highest BCUT2D eigenvalue weighted by atomic mass is 127. The van der Waals surface area contributed by atoms with Crippen molar-refractivity contribution in [1.82, 2.24) is 0 Å². The molecule has 0 aromatic heterocycles. The van der Waals surface area contributed by atoms with E-state index in [1.807, 2.05) is 47.1 Å². The summed E-state index contributed by atoms with van der Waals surface area (Å²) in [7, 11) is 0. The molecule has 3 nitrogen and oxygen atoms in total. The summed E-state index contributed by atoms with van der Waals surface area (Å²) < 4.78 is 4.79. The second-order valence-corrected chi connectivity index (χ2v) is 3.50. The molecule has 1 aromatic carbocycles. The fourth-order valence-corrected chi connectivity index (χ4v) is 1.09. The lowest BCUT2D eigenvalue weighted by Gasteiger charge is -2.02. The maximum absolute atomic E-state index is 5.46. The molecule has 0 aliphatic heterocycles. The first-order chi connectivity index (χ1) is 5.72. The molecule has 0 aliphatic carbocycles. The number of guanidine groups is 1. The van der Waals surface area contributed by atoms with Gasteiger partial charge in [-0.15, -0.1) is 0 Å². The normalized spacial score (nSPS) is 11.3. The summed E-state index contributed by atoms with van der Waals surface area (Å²) in [4.78, 5) is 0. The Labute approximate surface area is 93.1 Å². The molecular formula is C7H7BrIN3. The smallest absolute Gasteiger partial charge is 0.203 e. The molecule has 64 valence electrons. The van der Waals surface area contributed by atoms with Crippen molar-refractivity contribution >= 4 is 50.4 Å². The van der Waals surface area contributed by atoms with Gasteiger partial charge in [0, 0.05) is 10.2 Å². The van der Waals surface area contributed by atoms with Crippen molar-refractivity contribution < 1.29 is 0 Å². The predicted octanol–water partition coefficient (Wildman–Crippen LogP) is 2.53. The second-order valence-electron chi connectivity index (χ2n) is 2.10. The van der Waals surface area contributed by atoms with Gasteiger partial charge in [-0.2, -0.15) is 3.21 Å². The average Bonchev–Trinajstić information content (AvgIpc) is 2.09. The van der Waals surface area contributed by atoms with Gasteiger partial charge in [0.25, 0.3) is 0 Å². The van der Waals surface area contributed by atoms with Crippen molar-refractivity contribution in [2.24, 2.45) is 8.94 Å². The lowest BCUT2D eigenvalue weighted by molar-refractivity contribution is 1.54. The highest BCUT2D eigenvalue weighted by molar-refractivity contribution is 14.1. The second kappa shape index (κ2) is 4.66. The van der Waals surface area contributed by atoms with Crippen LogP contribution < -0.4 is 11.1 Å². The van der Waals surface area contributed by atoms with Crippen LogP contribution in [0.3, 0.4) is 0 Å². The highest BCUT2D eigenvalue weighted by Crippen LogP contribution is 2.13. The Morgan fingerprint density at radius 2 is 2.00 bits per heavy atom. The topological polar surface area (TPSA) is 50.4 Å². The molecule has 0 bridgehead atoms. The molecule has 0 amide bonds. The molecule has 0 radical (unpaired) electrons. The van der Waals surface area contributed by atoms with Crippen LogP contribution in [-0.4, -0.2) is 5.96 Å². The Hall–Kier alpha value is -0.300. The van der Waals surface area contributed by atoms with Gasteiger partial charge in [0.1, 0.15) is 0 Å². The van der Waals surface area contributed by atoms with Gasteiger partial charge in [0.05, 0.1) is 22.9 Å². The lowest BCUT2D eigenvalue weighted by Crippen LogP contribution is -2.21. The number of nitrogens with two attached hydrogens (primary N) is 1. The standard InChI is InChI=1S/C7H7BrIN3/c8-5-1-3-6(4-2-5)11-7(10)12-9/h1-4H,(H3,10,11,12). The van der Waals surface area contributed by atoms with Crippen LogP contribution in [0.1, 0.15) is 0 Å². The van der Waals surface area contributed by atoms with E-state index in [9.17, 15) is 0 Å². The van der Waals surface area contributed by atoms with Gasteiger partial charge in [-0.1, -0.05) is 15.9 Å². The number of rotatable bonds is 1. The number of nitrogens with one attached hydrogen (secondary N) is 1. The molecule has 0 unspecified atom stereocenters. The van der Waals surface area contributed by atoms with Crippen LogP contribution in [0.25, 0.3) is 0 Å². The van der Waals surface area contributed by atoms with E-state index in [0.29, 0.717) is 5.96 Å². The van der Waals surface area contributed by atoms with Crippen LogP contribution in [0.2, 0.25) is 0 Å². The van der Waals surface area contributed by atoms with Crippen molar-refractivity contribution in [3.63, 3.8) is 0 Å². The summed E-state index contributed by atoms with van der Waals surface area (Å²) in [6, 6.07) is 7.70. The quantitative estimate of drug-likeness (QED) is 0.469. The molecule has 0 saturated heterocycles. The van der Waals surface area contributed by atoms with Crippen molar-refractivity contribution in [3.8, 4) is 0 Å². The van der Waals surface area contributed by atoms with Gasteiger partial charge in [0.2, 0.25) is 5.96 Å². The third-order valence-electron chi connectivity index (χ3n) is 1.21. The zero-order valence-electron chi connectivity index (χ0n) is 6.09. The van der Waals surface area contributed by atoms with E-state index >= 15 is 0 Å². The van der Waals surface area contributed by atoms with Gasteiger partial charge in [-0.25, -0.2) is 0 Å². The van der Waals surface area contributed by atoms with Crippen LogP contribution in [0.4, 0.5) is 5.69 Å². The summed E-state index contributed by atoms with van der Waals surface area (Å²) in [6.45, 7) is 0. The highest BCUT2D eigenvalue weighted by Gasteiger charge is 1.92. The minimum atomic E-state index is 0.401. The number of nitrogens with zero attached hydrogens (tertiary/aromatic N) is 1. The van der Waals surface area contributed by atoms with Crippen molar-refractivity contribution in [2.75, 3.05) is 5.32 Å². The first-order valence-electron chi connectivity index (χ1n) is 3.19. The van der Waals surface area contributed by atoms with Crippen LogP contribution in [0.5, 0.6) is 0 Å². The molecular weight excluding hydrogens is 333 g/mol. The summed E-state index contributed by atoms with van der Waals surface area (Å²) >= 11 is 5.18. The molecule has 0 spiro atoms. The SMILES string of the molecule is NC(=NI)Nc1ccc(Br)cc1. The van der Waals surface area contributed by atoms with Crippen LogP contribution >= 0.6 is 38.8 Å². The van der Waals surface area contributed by atoms with Crippen molar-refractivity contribution in [2.45, 2.75) is 0 Å². The summed E-state index contributed by atoms with van der Waals surface area (Å²) in [5.41, 5.74) is 6.39. The number of hydrogen-bond donors (Lipinski definition) is 2. The van der Waals surface area contributed by atoms with Crippen LogP contribution in [0.15, 0.2) is 31.9 Å². The monoisotopic (exact) mass is 339 g/mol. The Kier molecular flexibility index (Phi) is 3.80. The Balaban J connectivity index is 2.71. The first kappa shape index (κ1) is 9.79. The van der Waals surface area contributed by atoms with Gasteiger partial charge in [0.15, 0.2) is 0 Å². The van der Waals surface area contributed by atoms with E-state index in [0.717, 1.165) is 10.2 Å². The molecule has 12 heavy (non-hydrogen) atoms. The van der Waals surface area contributed by atoms with E-state index in [1.54, 1.807) is 0 Å². The Morgan fingerprint density at radius 1 is 1.42 bits per heavy atom. The molecule has 0 fully saturated rings. The maximum Gasteiger partial charge on any atom is 0.203 e. The number of anilines is 1. The first-order valence-corrected chi connectivity index (χ1v) is 4.95. The molecule has 0 heterocycles. The fraction of sp³-hybridized carbons (Fsp3) is 0. The minimum absolute atomic E-state index is 0.401. The third-order valence-corrected chi connectivity index (χ3v) is 2.26. The van der Waals surface area contributed by atoms with Gasteiger partial charge < -0.3 is 11.1 Å². The lowest BCUT2D eigenvalue weighted by atomic mass is 10.3. The molecule has 1 rings (SSSR count). The molecule has 5 heteroatoms. The number of halogens is 2. The molecule has 1 aromatic rings. The van der Waals surface area contributed by atoms with E-state index in [-0.39, 0.29) is 0 Å². The summed E-state index contributed by atoms with van der Waals surface area (Å²) in [6.07, 6.45) is 0. The van der Waals surface area contributed by atoms with E-state index in [1.165, 1.54) is 0 Å². The maximum atomic E-state index is 5.46. The number of benzene rings is 1. The fourth-order valence-electron chi connectivity index (χ4n) is 0.702. The Bertz CT molecular complexity index is 283. The number of hydrogen-bond acceptors (Lipinski definition) is 1. The van der Waals surface area contributed by atoms with E-state index in [4.69, 9.17) is 5.73 Å². The molecule has 0 saturated carbocycles. The van der Waals surface area contributed by atoms with Crippen LogP contribution in [-0.2, 0) is 0 Å². The van der Waals surface area contributed by atoms with E-state index in [2.05, 4.69) is 24.5 Å². The van der Waals surface area contributed by atoms with Crippen molar-refractivity contribution in [3.05, 3.63) is 28.7 Å². The predicted molar refractivity (Wildman–Crippen MR) is 63.4 cm³/mol. The third kappa shape index (κ3) is 2.98. The largest absolute Gasteiger partial charge is 0.369 e. The van der Waals surface area contributed by atoms with Crippen LogP contribution in [0, 0.1) is 0 Å². The van der Waals surface area contributed by atoms with Crippen molar-refractivity contribution in [1.29, 1.82) is 0 Å².